The Morgan fingerprint density at radius 2 is 1.71 bits per heavy atom. The SMILES string of the molecule is CCOC(=O)[C@H](CC)CC1CN(C(=O)OC(C)(C)C)C[C@@H]1CN(C(=O)c1ccc(OC)c(OCCCOC)c1)C(C)C. The first kappa shape index (κ1) is 35.2. The molecule has 1 saturated heterocycles. The van der Waals surface area contributed by atoms with Crippen LogP contribution in [-0.4, -0.2) is 93.1 Å². The minimum absolute atomic E-state index is 0.00327. The number of ether oxygens (including phenoxy) is 5. The fourth-order valence-corrected chi connectivity index (χ4v) is 5.20. The summed E-state index contributed by atoms with van der Waals surface area (Å²) in [6, 6.07) is 5.10. The second kappa shape index (κ2) is 16.6. The second-order valence-corrected chi connectivity index (χ2v) is 12.1. The van der Waals surface area contributed by atoms with Crippen LogP contribution in [0, 0.1) is 17.8 Å². The summed E-state index contributed by atoms with van der Waals surface area (Å²) >= 11 is 0. The van der Waals surface area contributed by atoms with E-state index in [2.05, 4.69) is 0 Å². The van der Waals surface area contributed by atoms with E-state index in [0.29, 0.717) is 75.8 Å². The van der Waals surface area contributed by atoms with Gasteiger partial charge in [-0.1, -0.05) is 6.92 Å². The summed E-state index contributed by atoms with van der Waals surface area (Å²) in [5.41, 5.74) is -0.137. The van der Waals surface area contributed by atoms with Gasteiger partial charge in [0.25, 0.3) is 5.91 Å². The molecule has 42 heavy (non-hydrogen) atoms. The fourth-order valence-electron chi connectivity index (χ4n) is 5.20. The average Bonchev–Trinajstić information content (AvgIpc) is 3.33. The monoisotopic (exact) mass is 592 g/mol. The van der Waals surface area contributed by atoms with Crippen LogP contribution in [0.2, 0.25) is 0 Å². The Labute approximate surface area is 251 Å². The van der Waals surface area contributed by atoms with Gasteiger partial charge < -0.3 is 33.5 Å². The van der Waals surface area contributed by atoms with Crippen molar-refractivity contribution >= 4 is 18.0 Å². The van der Waals surface area contributed by atoms with E-state index >= 15 is 0 Å². The average molecular weight is 593 g/mol. The second-order valence-electron chi connectivity index (χ2n) is 12.1. The molecule has 1 aromatic rings. The zero-order valence-corrected chi connectivity index (χ0v) is 27.1. The van der Waals surface area contributed by atoms with Crippen molar-refractivity contribution in [3.05, 3.63) is 23.8 Å². The Morgan fingerprint density at radius 3 is 2.29 bits per heavy atom. The maximum absolute atomic E-state index is 13.9. The first-order chi connectivity index (χ1) is 19.8. The van der Waals surface area contributed by atoms with Gasteiger partial charge in [-0.25, -0.2) is 4.79 Å². The molecule has 2 amide bonds. The molecule has 3 atom stereocenters. The molecule has 0 bridgehead atoms. The van der Waals surface area contributed by atoms with Gasteiger partial charge in [0.2, 0.25) is 0 Å². The van der Waals surface area contributed by atoms with Crippen LogP contribution >= 0.6 is 0 Å². The number of hydrogen-bond acceptors (Lipinski definition) is 8. The van der Waals surface area contributed by atoms with E-state index in [1.54, 1.807) is 44.2 Å². The molecule has 0 saturated carbocycles. The lowest BCUT2D eigenvalue weighted by molar-refractivity contribution is -0.148. The minimum Gasteiger partial charge on any atom is -0.493 e. The molecule has 238 valence electrons. The van der Waals surface area contributed by atoms with Crippen molar-refractivity contribution in [2.75, 3.05) is 53.7 Å². The van der Waals surface area contributed by atoms with Crippen LogP contribution in [0.15, 0.2) is 18.2 Å². The number of likely N-dealkylation sites (tertiary alicyclic amines) is 1. The molecule has 1 unspecified atom stereocenters. The molecule has 1 aliphatic heterocycles. The van der Waals surface area contributed by atoms with Crippen LogP contribution in [0.1, 0.15) is 78.1 Å². The van der Waals surface area contributed by atoms with E-state index in [0.717, 1.165) is 0 Å². The third-order valence-electron chi connectivity index (χ3n) is 7.40. The molecule has 0 spiro atoms. The van der Waals surface area contributed by atoms with Gasteiger partial charge in [0, 0.05) is 51.4 Å². The molecule has 2 rings (SSSR count). The van der Waals surface area contributed by atoms with Gasteiger partial charge in [-0.15, -0.1) is 0 Å². The molecule has 1 heterocycles. The van der Waals surface area contributed by atoms with E-state index in [4.69, 9.17) is 23.7 Å². The maximum atomic E-state index is 13.9. The van der Waals surface area contributed by atoms with Crippen molar-refractivity contribution in [1.82, 2.24) is 9.80 Å². The number of nitrogens with zero attached hydrogens (tertiary/aromatic N) is 2. The lowest BCUT2D eigenvalue weighted by Gasteiger charge is -2.32. The molecule has 0 N–H and O–H groups in total. The van der Waals surface area contributed by atoms with Crippen molar-refractivity contribution in [3.63, 3.8) is 0 Å². The Morgan fingerprint density at radius 1 is 1.02 bits per heavy atom. The lowest BCUT2D eigenvalue weighted by atomic mass is 9.85. The first-order valence-corrected chi connectivity index (χ1v) is 15.1. The molecule has 0 aliphatic carbocycles. The van der Waals surface area contributed by atoms with Gasteiger partial charge in [0.05, 0.1) is 26.2 Å². The Hall–Kier alpha value is -3.01. The molecule has 10 heteroatoms. The van der Waals surface area contributed by atoms with Crippen LogP contribution in [0.3, 0.4) is 0 Å². The van der Waals surface area contributed by atoms with Gasteiger partial charge in [0.15, 0.2) is 11.5 Å². The van der Waals surface area contributed by atoms with Gasteiger partial charge >= 0.3 is 12.1 Å². The first-order valence-electron chi connectivity index (χ1n) is 15.1. The lowest BCUT2D eigenvalue weighted by Crippen LogP contribution is -2.42. The van der Waals surface area contributed by atoms with Gasteiger partial charge in [-0.05, 0) is 84.4 Å². The topological polar surface area (TPSA) is 104 Å². The summed E-state index contributed by atoms with van der Waals surface area (Å²) in [6.07, 6.45) is 1.53. The minimum atomic E-state index is -0.626. The van der Waals surface area contributed by atoms with Crippen LogP contribution in [0.5, 0.6) is 11.5 Å². The summed E-state index contributed by atoms with van der Waals surface area (Å²) in [5.74, 6) is 0.362. The van der Waals surface area contributed by atoms with E-state index in [-0.39, 0.29) is 41.8 Å². The highest BCUT2D eigenvalue weighted by molar-refractivity contribution is 5.95. The number of methoxy groups -OCH3 is 2. The predicted octanol–water partition coefficient (Wildman–Crippen LogP) is 5.42. The highest BCUT2D eigenvalue weighted by Gasteiger charge is 2.41. The summed E-state index contributed by atoms with van der Waals surface area (Å²) in [6.45, 7) is 15.9. The summed E-state index contributed by atoms with van der Waals surface area (Å²) in [7, 11) is 3.21. The van der Waals surface area contributed by atoms with Crippen molar-refractivity contribution in [2.24, 2.45) is 17.8 Å². The fraction of sp³-hybridized carbons (Fsp3) is 0.719. The summed E-state index contributed by atoms with van der Waals surface area (Å²) < 4.78 is 27.5. The maximum Gasteiger partial charge on any atom is 0.410 e. The standard InChI is InChI=1S/C32H52N2O8/c1-10-23(30(36)40-11-2)17-25-19-33(31(37)42-32(5,6)7)20-26(25)21-34(22(3)4)29(35)24-13-14-27(39-9)28(18-24)41-16-12-15-38-8/h13-14,18,22-23,25-26H,10-12,15-17,19-21H2,1-9H3/t23-,25?,26-/m1/s1. The molecular formula is C32H52N2O8. The molecule has 10 nitrogen and oxygen atoms in total. The normalized spacial score (nSPS) is 17.6. The van der Waals surface area contributed by atoms with Crippen molar-refractivity contribution in [2.45, 2.75) is 79.4 Å². The number of amides is 2. The number of carbonyl (C=O) groups excluding carboxylic acids is 3. The summed E-state index contributed by atoms with van der Waals surface area (Å²) in [5, 5.41) is 0. The molecule has 1 fully saturated rings. The number of carbonyl (C=O) groups is 3. The number of hydrogen-bond donors (Lipinski definition) is 0. The van der Waals surface area contributed by atoms with Crippen LogP contribution in [0.4, 0.5) is 4.79 Å². The zero-order valence-electron chi connectivity index (χ0n) is 27.1. The van der Waals surface area contributed by atoms with Crippen LogP contribution < -0.4 is 9.47 Å². The highest BCUT2D eigenvalue weighted by Crippen LogP contribution is 2.34. The molecule has 0 aromatic heterocycles. The molecule has 1 aromatic carbocycles. The van der Waals surface area contributed by atoms with E-state index in [1.807, 2.05) is 46.4 Å². The number of benzene rings is 1. The quantitative estimate of drug-likeness (QED) is 0.196. The van der Waals surface area contributed by atoms with Crippen molar-refractivity contribution < 1.29 is 38.1 Å². The Balaban J connectivity index is 2.32. The van der Waals surface area contributed by atoms with Crippen LogP contribution in [-0.2, 0) is 19.0 Å². The smallest absolute Gasteiger partial charge is 0.410 e. The predicted molar refractivity (Wildman–Crippen MR) is 161 cm³/mol. The third kappa shape index (κ3) is 10.4. The van der Waals surface area contributed by atoms with Crippen molar-refractivity contribution in [1.29, 1.82) is 0 Å². The van der Waals surface area contributed by atoms with E-state index < -0.39 is 5.60 Å². The van der Waals surface area contributed by atoms with E-state index in [9.17, 15) is 14.4 Å². The molecular weight excluding hydrogens is 540 g/mol. The molecule has 0 radical (unpaired) electrons. The van der Waals surface area contributed by atoms with Gasteiger partial charge in [0.1, 0.15) is 5.60 Å². The molecule has 1 aliphatic rings. The zero-order chi connectivity index (χ0) is 31.4. The van der Waals surface area contributed by atoms with Gasteiger partial charge in [-0.2, -0.15) is 0 Å². The third-order valence-corrected chi connectivity index (χ3v) is 7.40. The number of esters is 1. The largest absolute Gasteiger partial charge is 0.493 e. The Kier molecular flexibility index (Phi) is 13.9. The van der Waals surface area contributed by atoms with Crippen molar-refractivity contribution in [3.8, 4) is 11.5 Å². The van der Waals surface area contributed by atoms with E-state index in [1.165, 1.54) is 0 Å². The number of rotatable bonds is 15. The highest BCUT2D eigenvalue weighted by atomic mass is 16.6. The van der Waals surface area contributed by atoms with Gasteiger partial charge in [-0.3, -0.25) is 9.59 Å². The summed E-state index contributed by atoms with van der Waals surface area (Å²) in [4.78, 5) is 43.2. The Bertz CT molecular complexity index is 1020. The van der Waals surface area contributed by atoms with Crippen LogP contribution in [0.25, 0.3) is 0 Å².